The number of aryl methyl sites for hydroxylation is 1. The average Bonchev–Trinajstić information content (AvgIpc) is 1.52. The molecule has 10 rings (SSSR count). The first-order valence-electron chi connectivity index (χ1n) is 36.0. The van der Waals surface area contributed by atoms with E-state index in [0.717, 1.165) is 50.3 Å². The minimum absolute atomic E-state index is 0.00862. The molecule has 614 valence electrons. The number of benzene rings is 3. The lowest BCUT2D eigenvalue weighted by atomic mass is 9.77. The van der Waals surface area contributed by atoms with Gasteiger partial charge >= 0.3 is 50.8 Å². The summed E-state index contributed by atoms with van der Waals surface area (Å²) in [7, 11) is -4.08. The number of rotatable bonds is 29. The third-order valence-electron chi connectivity index (χ3n) is 22.2. The molecule has 27 nitrogen and oxygen atoms in total. The standard InChI is InChI=1S/C75H88F10N11O16P/c1-39-22-45(28-57(98)94-35-50-60(71(50,4)5)61(94)65(101)102)59(55(23-39)112-113(105,106)107)70(2,3)29-58(99)111-56(36-93(91-64(100)63(89-69(104)109-11)73(8,9)75(83,84)85)34-49-51(76)25-43(26-52(49)77)53-20-21-95(90-53)66(78)79)44(27-54(97)62(88-68(103)108-10)72(6,7)74(80,81)82)24-41-15-12-40(13-16-41)14-17-42-30-86-67(87-31-42)92-32-46-18-19-47(33-92)96(46)48-37-110-38-48/h12-13,15-16,20-23,25-26,30-31,44,46-48,50,56,60-63,66H,18-19,24,27-29,32-38H2,1-11H3,(H,88,103)(H,89,104)(H,91,100)(H,101,102)(H2,105,106,107)/t44-,46?,47?,50+,56+,60+,61+,62-,63-/m1/s1. The summed E-state index contributed by atoms with van der Waals surface area (Å²) in [6.07, 6.45) is -13.8. The van der Waals surface area contributed by atoms with E-state index in [2.05, 4.69) is 51.6 Å². The number of aliphatic carboxylic acids is 1. The molecule has 6 N–H and O–H groups in total. The number of ketones is 1. The van der Waals surface area contributed by atoms with E-state index in [1.165, 1.54) is 51.1 Å². The molecule has 2 unspecified atom stereocenters. The van der Waals surface area contributed by atoms with Crippen molar-refractivity contribution in [3.63, 3.8) is 0 Å². The predicted octanol–water partition coefficient (Wildman–Crippen LogP) is 9.91. The van der Waals surface area contributed by atoms with Gasteiger partial charge in [0.25, 0.3) is 5.91 Å². The molecule has 0 spiro atoms. The van der Waals surface area contributed by atoms with Crippen LogP contribution in [0.3, 0.4) is 0 Å². The largest absolute Gasteiger partial charge is 0.524 e. The number of hydrogen-bond donors (Lipinski definition) is 6. The maximum atomic E-state index is 16.9. The van der Waals surface area contributed by atoms with Crippen LogP contribution in [-0.4, -0.2) is 199 Å². The number of nitrogens with one attached hydrogen (secondary N) is 3. The Hall–Kier alpha value is -9.47. The van der Waals surface area contributed by atoms with Gasteiger partial charge in [0, 0.05) is 103 Å². The summed E-state index contributed by atoms with van der Waals surface area (Å²) >= 11 is 0. The van der Waals surface area contributed by atoms with Crippen LogP contribution < -0.4 is 25.5 Å². The number of likely N-dealkylation sites (tertiary alicyclic amines) is 1. The van der Waals surface area contributed by atoms with Gasteiger partial charge in [0.1, 0.15) is 41.6 Å². The molecule has 38 heteroatoms. The van der Waals surface area contributed by atoms with Gasteiger partial charge in [-0.3, -0.25) is 39.3 Å². The second-order valence-corrected chi connectivity index (χ2v) is 32.7. The molecule has 3 aromatic carbocycles. The Morgan fingerprint density at radius 3 is 1.89 bits per heavy atom. The first kappa shape index (κ1) is 85.9. The normalized spacial score (nSPS) is 20.2. The first-order chi connectivity index (χ1) is 52.6. The lowest BCUT2D eigenvalue weighted by Gasteiger charge is -2.47. The molecule has 1 saturated carbocycles. The lowest BCUT2D eigenvalue weighted by Crippen LogP contribution is -2.62. The number of amides is 4. The van der Waals surface area contributed by atoms with Crippen LogP contribution in [0.4, 0.5) is 59.4 Å². The number of hydrogen-bond acceptors (Lipinski definition) is 19. The number of carbonyl (C=O) groups is 7. The molecule has 5 fully saturated rings. The minimum Gasteiger partial charge on any atom is -0.480 e. The highest BCUT2D eigenvalue weighted by atomic mass is 31.2. The highest BCUT2D eigenvalue weighted by Gasteiger charge is 2.69. The quantitative estimate of drug-likeness (QED) is 0.00647. The third kappa shape index (κ3) is 19.3. The fourth-order valence-electron chi connectivity index (χ4n) is 15.7. The number of Topliss-reactive ketones (excluding diaryl/α,β-unsaturated/α-hetero) is 1. The minimum atomic E-state index is -5.59. The molecule has 113 heavy (non-hydrogen) atoms. The number of anilines is 1. The number of hydrazine groups is 1. The summed E-state index contributed by atoms with van der Waals surface area (Å²) in [4.78, 5) is 135. The number of phosphoric ester groups is 1. The van der Waals surface area contributed by atoms with Crippen LogP contribution in [0.15, 0.2) is 73.2 Å². The molecule has 4 amide bonds. The second-order valence-electron chi connectivity index (χ2n) is 31.5. The van der Waals surface area contributed by atoms with Crippen molar-refractivity contribution < 1.29 is 120 Å². The highest BCUT2D eigenvalue weighted by Crippen LogP contribution is 2.65. The number of phosphoric acid groups is 1. The summed E-state index contributed by atoms with van der Waals surface area (Å²) in [6.45, 7) is 6.80. The number of ether oxygens (including phenoxy) is 4. The molecular weight excluding hydrogens is 1530 g/mol. The first-order valence-corrected chi connectivity index (χ1v) is 37.5. The third-order valence-corrected chi connectivity index (χ3v) is 22.6. The highest BCUT2D eigenvalue weighted by molar-refractivity contribution is 7.46. The molecule has 5 aromatic rings. The van der Waals surface area contributed by atoms with Gasteiger partial charge in [-0.25, -0.2) is 47.4 Å². The number of carbonyl (C=O) groups excluding carboxylic acids is 6. The van der Waals surface area contributed by atoms with Crippen molar-refractivity contribution in [3.8, 4) is 28.8 Å². The van der Waals surface area contributed by atoms with Crippen molar-refractivity contribution in [1.29, 1.82) is 0 Å². The van der Waals surface area contributed by atoms with Gasteiger partial charge in [-0.15, -0.1) is 0 Å². The van der Waals surface area contributed by atoms with Crippen LogP contribution in [0, 0.1) is 64.4 Å². The summed E-state index contributed by atoms with van der Waals surface area (Å²) < 4.78 is 192. The van der Waals surface area contributed by atoms with Crippen molar-refractivity contribution in [3.05, 3.63) is 124 Å². The van der Waals surface area contributed by atoms with Crippen molar-refractivity contribution >= 4 is 55.5 Å². The number of alkyl halides is 8. The zero-order valence-electron chi connectivity index (χ0n) is 63.4. The van der Waals surface area contributed by atoms with E-state index in [-0.39, 0.29) is 39.4 Å². The molecule has 4 saturated heterocycles. The Kier molecular flexibility index (Phi) is 25.2. The number of halogens is 10. The monoisotopic (exact) mass is 1620 g/mol. The van der Waals surface area contributed by atoms with Crippen LogP contribution in [-0.2, 0) is 72.3 Å². The van der Waals surface area contributed by atoms with Crippen LogP contribution in [0.25, 0.3) is 11.3 Å². The maximum absolute atomic E-state index is 16.9. The number of methoxy groups -OCH3 is 2. The van der Waals surface area contributed by atoms with Crippen LogP contribution in [0.5, 0.6) is 5.75 Å². The van der Waals surface area contributed by atoms with Crippen molar-refractivity contribution in [2.24, 2.45) is 34.0 Å². The zero-order chi connectivity index (χ0) is 83.2. The molecule has 1 aliphatic carbocycles. The van der Waals surface area contributed by atoms with Gasteiger partial charge in [-0.2, -0.15) is 40.2 Å². The number of carboxylic acid groups (broad SMARTS) is 1. The van der Waals surface area contributed by atoms with Crippen LogP contribution in [0.1, 0.15) is 127 Å². The van der Waals surface area contributed by atoms with Gasteiger partial charge in [0.05, 0.1) is 74.9 Å². The Morgan fingerprint density at radius 1 is 0.788 bits per heavy atom. The Balaban J connectivity index is 1.08. The van der Waals surface area contributed by atoms with Crippen molar-refractivity contribution in [2.45, 2.75) is 174 Å². The molecule has 0 radical (unpaired) electrons. The number of alkyl carbamates (subject to hydrolysis) is 2. The molecule has 6 heterocycles. The van der Waals surface area contributed by atoms with E-state index >= 15 is 44.7 Å². The van der Waals surface area contributed by atoms with Crippen LogP contribution >= 0.6 is 7.82 Å². The van der Waals surface area contributed by atoms with Gasteiger partial charge < -0.3 is 49.0 Å². The lowest BCUT2D eigenvalue weighted by molar-refractivity contribution is -0.221. The summed E-state index contributed by atoms with van der Waals surface area (Å²) in [6, 6.07) is 4.90. The second kappa shape index (κ2) is 33.2. The number of piperazine rings is 1. The number of fused-ring (bicyclic) bond motifs is 3. The number of esters is 1. The maximum Gasteiger partial charge on any atom is 0.524 e. The number of nitrogens with zero attached hydrogens (tertiary/aromatic N) is 8. The topological polar surface area (TPSA) is 336 Å². The SMILES string of the molecule is COC(=O)N[C@H](C(=O)C[C@@H](Cc1ccc(C#Cc2cnc(N3CC4CCC(C3)N4C3COC3)nc2)cc1)[C@H](CN(Cc1c(F)cc(-c2ccn(C(F)F)n2)cc1F)NC(=O)[C@@H](NC(=O)OC)C(C)(C)C(F)(F)F)OC(=O)CC(C)(C)c1c(CC(=O)N2C[C@H]3[C@@H]([C@H]2C(=O)O)C3(C)C)cc(C)cc1OP(=O)(O)O)C(C)(C)C(F)(F)F. The molecule has 9 atom stereocenters. The summed E-state index contributed by atoms with van der Waals surface area (Å²) in [5.41, 5.74) is -7.92. The Labute approximate surface area is 643 Å². The molecule has 2 aromatic heterocycles. The van der Waals surface area contributed by atoms with Gasteiger partial charge in [0.2, 0.25) is 11.9 Å². The Morgan fingerprint density at radius 2 is 1.36 bits per heavy atom. The van der Waals surface area contributed by atoms with Crippen molar-refractivity contribution in [2.75, 3.05) is 58.5 Å². The smallest absolute Gasteiger partial charge is 0.480 e. The molecule has 4 aliphatic heterocycles. The van der Waals surface area contributed by atoms with E-state index in [1.54, 1.807) is 17.7 Å². The molecular formula is C75H88F10N11O16P. The summed E-state index contributed by atoms with van der Waals surface area (Å²) in [5.74, 6) is -6.54. The number of aromatic nitrogens is 4. The predicted molar refractivity (Wildman–Crippen MR) is 381 cm³/mol. The van der Waals surface area contributed by atoms with E-state index in [0.29, 0.717) is 106 Å². The fourth-order valence-corrected chi connectivity index (χ4v) is 16.1. The fraction of sp³-hybridized carbons (Fsp3) is 0.547. The number of carboxylic acids is 1. The van der Waals surface area contributed by atoms with E-state index in [9.17, 15) is 52.2 Å². The molecule has 2 bridgehead atoms. The van der Waals surface area contributed by atoms with E-state index in [4.69, 9.17) is 14.0 Å². The van der Waals surface area contributed by atoms with Crippen LogP contribution in [0.2, 0.25) is 0 Å². The van der Waals surface area contributed by atoms with Gasteiger partial charge in [-0.05, 0) is 118 Å². The average molecular weight is 1620 g/mol. The Bertz CT molecular complexity index is 4490. The van der Waals surface area contributed by atoms with E-state index in [1.807, 2.05) is 19.2 Å². The van der Waals surface area contributed by atoms with Gasteiger partial charge in [0.15, 0.2) is 5.78 Å². The summed E-state index contributed by atoms with van der Waals surface area (Å²) in [5, 5.41) is 18.3. The molecule has 5 aliphatic rings. The van der Waals surface area contributed by atoms with Gasteiger partial charge in [-0.1, -0.05) is 57.7 Å². The zero-order valence-corrected chi connectivity index (χ0v) is 64.3. The van der Waals surface area contributed by atoms with Crippen molar-refractivity contribution in [1.82, 2.24) is 50.6 Å². The number of piperidine rings is 1. The van der Waals surface area contributed by atoms with E-state index < -0.39 is 199 Å².